The van der Waals surface area contributed by atoms with Gasteiger partial charge in [0.15, 0.2) is 11.6 Å². The van der Waals surface area contributed by atoms with Gasteiger partial charge in [0.05, 0.1) is 12.0 Å². The number of hydrogen-bond acceptors (Lipinski definition) is 7. The molecular weight excluding hydrogens is 435 g/mol. The summed E-state index contributed by atoms with van der Waals surface area (Å²) in [5.74, 6) is 1.22. The molecule has 4 aromatic rings. The van der Waals surface area contributed by atoms with Crippen LogP contribution in [-0.2, 0) is 10.0 Å². The highest BCUT2D eigenvalue weighted by molar-refractivity contribution is 7.92. The minimum absolute atomic E-state index is 0.0320. The summed E-state index contributed by atoms with van der Waals surface area (Å²) in [6.07, 6.45) is 4.93. The Bertz CT molecular complexity index is 1360. The third-order valence-corrected chi connectivity index (χ3v) is 5.95. The largest absolute Gasteiger partial charge is 0.494 e. The van der Waals surface area contributed by atoms with Crippen LogP contribution in [0.2, 0.25) is 0 Å². The predicted molar refractivity (Wildman–Crippen MR) is 117 cm³/mol. The molecule has 0 unspecified atom stereocenters. The Kier molecular flexibility index (Phi) is 5.73. The summed E-state index contributed by atoms with van der Waals surface area (Å²) in [5.41, 5.74) is 1.01. The number of aryl methyl sites for hydroxylation is 1. The molecule has 2 aromatic carbocycles. The van der Waals surface area contributed by atoms with E-state index < -0.39 is 15.8 Å². The number of aromatic nitrogens is 4. The molecule has 0 aliphatic carbocycles. The minimum atomic E-state index is -3.96. The lowest BCUT2D eigenvalue weighted by molar-refractivity contribution is 0.385. The van der Waals surface area contributed by atoms with Crippen LogP contribution in [-0.4, -0.2) is 35.0 Å². The summed E-state index contributed by atoms with van der Waals surface area (Å²) in [6, 6.07) is 11.8. The van der Waals surface area contributed by atoms with Gasteiger partial charge in [-0.15, -0.1) is 0 Å². The number of nitrogens with zero attached hydrogens (tertiary/aromatic N) is 4. The van der Waals surface area contributed by atoms with Gasteiger partial charge in [0.25, 0.3) is 10.0 Å². The molecule has 0 saturated carbocycles. The molecule has 0 aliphatic heterocycles. The number of sulfonamides is 1. The number of rotatable bonds is 7. The summed E-state index contributed by atoms with van der Waals surface area (Å²) in [5, 5.41) is 3.14. The number of nitrogens with one attached hydrogen (secondary N) is 2. The third kappa shape index (κ3) is 4.52. The summed E-state index contributed by atoms with van der Waals surface area (Å²) >= 11 is 0. The van der Waals surface area contributed by atoms with Crippen LogP contribution in [0, 0.1) is 12.7 Å². The Morgan fingerprint density at radius 1 is 1.00 bits per heavy atom. The lowest BCUT2D eigenvalue weighted by Crippen LogP contribution is -2.13. The monoisotopic (exact) mass is 454 g/mol. The predicted octanol–water partition coefficient (Wildman–Crippen LogP) is 3.66. The SMILES string of the molecule is COc1ccc(S(=O)(=O)Nc2ccc(Nc3cc(-n4ccnc4C)ncn3)cc2)cc1F. The molecule has 0 fully saturated rings. The van der Waals surface area contributed by atoms with Crippen molar-refractivity contribution >= 4 is 27.2 Å². The van der Waals surface area contributed by atoms with Crippen molar-refractivity contribution in [2.24, 2.45) is 0 Å². The van der Waals surface area contributed by atoms with Crippen LogP contribution in [0.1, 0.15) is 5.82 Å². The quantitative estimate of drug-likeness (QED) is 0.438. The summed E-state index contributed by atoms with van der Waals surface area (Å²) in [6.45, 7) is 1.87. The maximum Gasteiger partial charge on any atom is 0.262 e. The molecule has 0 aliphatic rings. The minimum Gasteiger partial charge on any atom is -0.494 e. The van der Waals surface area contributed by atoms with Gasteiger partial charge in [-0.25, -0.2) is 27.8 Å². The van der Waals surface area contributed by atoms with Crippen molar-refractivity contribution in [1.29, 1.82) is 0 Å². The Labute approximate surface area is 184 Å². The van der Waals surface area contributed by atoms with Crippen molar-refractivity contribution in [2.45, 2.75) is 11.8 Å². The summed E-state index contributed by atoms with van der Waals surface area (Å²) in [7, 11) is -2.66. The maximum absolute atomic E-state index is 13.9. The standard InChI is InChI=1S/C21H19FN6O3S/c1-14-23-9-10-28(14)21-12-20(24-13-25-21)26-15-3-5-16(6-4-15)27-32(29,30)17-7-8-19(31-2)18(22)11-17/h3-13,27H,1-2H3,(H,24,25,26). The first-order valence-corrected chi connectivity index (χ1v) is 10.9. The molecule has 0 atom stereocenters. The molecule has 2 N–H and O–H groups in total. The zero-order valence-electron chi connectivity index (χ0n) is 17.2. The van der Waals surface area contributed by atoms with E-state index in [0.29, 0.717) is 23.0 Å². The van der Waals surface area contributed by atoms with Crippen molar-refractivity contribution in [2.75, 3.05) is 17.1 Å². The molecule has 0 spiro atoms. The van der Waals surface area contributed by atoms with Crippen molar-refractivity contribution in [3.63, 3.8) is 0 Å². The number of ether oxygens (including phenoxy) is 1. The number of anilines is 3. The molecule has 164 valence electrons. The average Bonchev–Trinajstić information content (AvgIpc) is 3.21. The second-order valence-corrected chi connectivity index (χ2v) is 8.39. The zero-order valence-corrected chi connectivity index (χ0v) is 18.0. The second kappa shape index (κ2) is 8.63. The van der Waals surface area contributed by atoms with E-state index in [1.807, 2.05) is 11.5 Å². The molecule has 0 radical (unpaired) electrons. The van der Waals surface area contributed by atoms with E-state index in [0.717, 1.165) is 11.9 Å². The van der Waals surface area contributed by atoms with Gasteiger partial charge in [-0.2, -0.15) is 0 Å². The Balaban J connectivity index is 1.48. The van der Waals surface area contributed by atoms with Gasteiger partial charge >= 0.3 is 0 Å². The van der Waals surface area contributed by atoms with Crippen molar-refractivity contribution in [1.82, 2.24) is 19.5 Å². The van der Waals surface area contributed by atoms with Gasteiger partial charge in [0.2, 0.25) is 0 Å². The first kappa shape index (κ1) is 21.2. The van der Waals surface area contributed by atoms with E-state index in [1.165, 1.54) is 25.6 Å². The summed E-state index contributed by atoms with van der Waals surface area (Å²) < 4.78 is 48.0. The van der Waals surface area contributed by atoms with Crippen LogP contribution in [0.15, 0.2) is 72.1 Å². The van der Waals surface area contributed by atoms with Crippen LogP contribution in [0.5, 0.6) is 5.75 Å². The zero-order chi connectivity index (χ0) is 22.7. The number of hydrogen-bond donors (Lipinski definition) is 2. The first-order chi connectivity index (χ1) is 15.4. The number of imidazole rings is 1. The Morgan fingerprint density at radius 2 is 1.75 bits per heavy atom. The highest BCUT2D eigenvalue weighted by atomic mass is 32.2. The fourth-order valence-corrected chi connectivity index (χ4v) is 4.04. The van der Waals surface area contributed by atoms with Crippen molar-refractivity contribution < 1.29 is 17.5 Å². The van der Waals surface area contributed by atoms with Crippen LogP contribution >= 0.6 is 0 Å². The third-order valence-electron chi connectivity index (χ3n) is 4.57. The van der Waals surface area contributed by atoms with Crippen molar-refractivity contribution in [3.8, 4) is 11.6 Å². The number of benzene rings is 2. The Morgan fingerprint density at radius 3 is 2.41 bits per heavy atom. The number of halogens is 1. The lowest BCUT2D eigenvalue weighted by atomic mass is 10.3. The number of methoxy groups -OCH3 is 1. The molecule has 0 bridgehead atoms. The molecular formula is C21H19FN6O3S. The second-order valence-electron chi connectivity index (χ2n) is 6.71. The molecule has 0 saturated heterocycles. The topological polar surface area (TPSA) is 111 Å². The van der Waals surface area contributed by atoms with E-state index in [4.69, 9.17) is 4.74 Å². The van der Waals surface area contributed by atoms with E-state index in [9.17, 15) is 12.8 Å². The van der Waals surface area contributed by atoms with Crippen molar-refractivity contribution in [3.05, 3.63) is 78.9 Å². The first-order valence-electron chi connectivity index (χ1n) is 9.41. The highest BCUT2D eigenvalue weighted by Crippen LogP contribution is 2.24. The molecule has 2 aromatic heterocycles. The smallest absolute Gasteiger partial charge is 0.262 e. The van der Waals surface area contributed by atoms with E-state index >= 15 is 0 Å². The lowest BCUT2D eigenvalue weighted by Gasteiger charge is -2.11. The van der Waals surface area contributed by atoms with Crippen LogP contribution in [0.25, 0.3) is 5.82 Å². The van der Waals surface area contributed by atoms with E-state index in [-0.39, 0.29) is 10.6 Å². The normalized spacial score (nSPS) is 11.2. The molecule has 0 amide bonds. The fraction of sp³-hybridized carbons (Fsp3) is 0.0952. The van der Waals surface area contributed by atoms with E-state index in [2.05, 4.69) is 25.0 Å². The van der Waals surface area contributed by atoms with Gasteiger partial charge in [-0.3, -0.25) is 9.29 Å². The van der Waals surface area contributed by atoms with Gasteiger partial charge in [-0.1, -0.05) is 0 Å². The van der Waals surface area contributed by atoms with Crippen LogP contribution in [0.3, 0.4) is 0 Å². The highest BCUT2D eigenvalue weighted by Gasteiger charge is 2.17. The van der Waals surface area contributed by atoms with Gasteiger partial charge in [-0.05, 0) is 49.4 Å². The van der Waals surface area contributed by atoms with Gasteiger partial charge < -0.3 is 10.1 Å². The molecule has 9 nitrogen and oxygen atoms in total. The van der Waals surface area contributed by atoms with Crippen LogP contribution < -0.4 is 14.8 Å². The van der Waals surface area contributed by atoms with E-state index in [1.54, 1.807) is 42.7 Å². The molecule has 32 heavy (non-hydrogen) atoms. The average molecular weight is 454 g/mol. The van der Waals surface area contributed by atoms with Gasteiger partial charge in [0, 0.05) is 29.8 Å². The molecule has 2 heterocycles. The maximum atomic E-state index is 13.9. The molecule has 4 rings (SSSR count). The molecule has 11 heteroatoms. The van der Waals surface area contributed by atoms with Crippen LogP contribution in [0.4, 0.5) is 21.6 Å². The van der Waals surface area contributed by atoms with Gasteiger partial charge in [0.1, 0.15) is 23.8 Å². The fourth-order valence-electron chi connectivity index (χ4n) is 2.97. The summed E-state index contributed by atoms with van der Waals surface area (Å²) in [4.78, 5) is 12.4. The Hall–Kier alpha value is -3.99.